The highest BCUT2D eigenvalue weighted by molar-refractivity contribution is 6.00. The van der Waals surface area contributed by atoms with Gasteiger partial charge in [0.05, 0.1) is 12.7 Å². The summed E-state index contributed by atoms with van der Waals surface area (Å²) in [6.07, 6.45) is 0.842. The molecule has 1 atom stereocenters. The number of para-hydroxylation sites is 1. The lowest BCUT2D eigenvalue weighted by Crippen LogP contribution is -2.27. The third-order valence-electron chi connectivity index (χ3n) is 2.82. The van der Waals surface area contributed by atoms with E-state index < -0.39 is 0 Å². The van der Waals surface area contributed by atoms with Crippen LogP contribution in [0.2, 0.25) is 0 Å². The minimum Gasteiger partial charge on any atom is -0.496 e. The topological polar surface area (TPSA) is 29.5 Å². The second-order valence-corrected chi connectivity index (χ2v) is 4.43. The van der Waals surface area contributed by atoms with Crippen LogP contribution < -0.4 is 4.74 Å². The van der Waals surface area contributed by atoms with Gasteiger partial charge in [-0.1, -0.05) is 19.1 Å². The van der Waals surface area contributed by atoms with Crippen molar-refractivity contribution < 1.29 is 9.53 Å². The van der Waals surface area contributed by atoms with Gasteiger partial charge in [0.2, 0.25) is 0 Å². The average Bonchev–Trinajstić information content (AvgIpc) is 2.34. The van der Waals surface area contributed by atoms with Gasteiger partial charge in [0.1, 0.15) is 5.75 Å². The first-order chi connectivity index (χ1) is 8.10. The van der Waals surface area contributed by atoms with Gasteiger partial charge in [-0.2, -0.15) is 0 Å². The van der Waals surface area contributed by atoms with Gasteiger partial charge in [-0.3, -0.25) is 4.79 Å². The third-order valence-corrected chi connectivity index (χ3v) is 2.82. The zero-order chi connectivity index (χ0) is 12.8. The number of benzene rings is 1. The molecule has 1 aromatic carbocycles. The van der Waals surface area contributed by atoms with E-state index in [9.17, 15) is 4.79 Å². The summed E-state index contributed by atoms with van der Waals surface area (Å²) in [6, 6.07) is 7.41. The van der Waals surface area contributed by atoms with Crippen molar-refractivity contribution in [1.82, 2.24) is 4.90 Å². The molecule has 0 heterocycles. The van der Waals surface area contributed by atoms with E-state index in [1.807, 2.05) is 50.2 Å². The molecule has 0 bridgehead atoms. The van der Waals surface area contributed by atoms with E-state index in [2.05, 4.69) is 0 Å². The normalized spacial score (nSPS) is 12.5. The number of hydrogen-bond acceptors (Lipinski definition) is 3. The Bertz CT molecular complexity index is 374. The van der Waals surface area contributed by atoms with E-state index >= 15 is 0 Å². The van der Waals surface area contributed by atoms with Crippen LogP contribution in [0.5, 0.6) is 5.75 Å². The van der Waals surface area contributed by atoms with Crippen molar-refractivity contribution >= 4 is 5.78 Å². The van der Waals surface area contributed by atoms with E-state index in [4.69, 9.17) is 4.74 Å². The van der Waals surface area contributed by atoms with Gasteiger partial charge >= 0.3 is 0 Å². The van der Waals surface area contributed by atoms with Crippen LogP contribution in [0, 0.1) is 5.92 Å². The van der Waals surface area contributed by atoms with Crippen LogP contribution >= 0.6 is 0 Å². The summed E-state index contributed by atoms with van der Waals surface area (Å²) in [5, 5.41) is 0. The summed E-state index contributed by atoms with van der Waals surface area (Å²) in [7, 11) is 5.56. The fourth-order valence-electron chi connectivity index (χ4n) is 1.91. The first-order valence-corrected chi connectivity index (χ1v) is 5.92. The predicted molar refractivity (Wildman–Crippen MR) is 69.7 cm³/mol. The summed E-state index contributed by atoms with van der Waals surface area (Å²) in [6.45, 7) is 2.81. The molecule has 94 valence electrons. The fourth-order valence-corrected chi connectivity index (χ4v) is 1.91. The van der Waals surface area contributed by atoms with E-state index in [0.29, 0.717) is 11.3 Å². The quantitative estimate of drug-likeness (QED) is 0.709. The monoisotopic (exact) mass is 235 g/mol. The SMILES string of the molecule is CCC(CN(C)C)C(=O)c1ccccc1OC. The average molecular weight is 235 g/mol. The van der Waals surface area contributed by atoms with Crippen molar-refractivity contribution in [3.8, 4) is 5.75 Å². The Morgan fingerprint density at radius 2 is 2.00 bits per heavy atom. The highest BCUT2D eigenvalue weighted by Crippen LogP contribution is 2.22. The molecule has 1 aromatic rings. The summed E-state index contributed by atoms with van der Waals surface area (Å²) in [4.78, 5) is 14.4. The number of ketones is 1. The molecular formula is C14H21NO2. The van der Waals surface area contributed by atoms with Gasteiger partial charge in [0, 0.05) is 12.5 Å². The maximum Gasteiger partial charge on any atom is 0.170 e. The van der Waals surface area contributed by atoms with E-state index in [1.165, 1.54) is 0 Å². The molecular weight excluding hydrogens is 214 g/mol. The lowest BCUT2D eigenvalue weighted by Gasteiger charge is -2.19. The van der Waals surface area contributed by atoms with Crippen LogP contribution in [-0.4, -0.2) is 38.4 Å². The summed E-state index contributed by atoms with van der Waals surface area (Å²) < 4.78 is 5.23. The Balaban J connectivity index is 2.93. The van der Waals surface area contributed by atoms with Crippen molar-refractivity contribution in [2.45, 2.75) is 13.3 Å². The van der Waals surface area contributed by atoms with Crippen LogP contribution in [0.3, 0.4) is 0 Å². The van der Waals surface area contributed by atoms with Crippen LogP contribution in [0.25, 0.3) is 0 Å². The van der Waals surface area contributed by atoms with Gasteiger partial charge in [-0.15, -0.1) is 0 Å². The third kappa shape index (κ3) is 3.56. The Morgan fingerprint density at radius 3 is 2.53 bits per heavy atom. The van der Waals surface area contributed by atoms with Gasteiger partial charge in [0.15, 0.2) is 5.78 Å². The minimum atomic E-state index is 0.0290. The second kappa shape index (κ2) is 6.40. The minimum absolute atomic E-state index is 0.0290. The lowest BCUT2D eigenvalue weighted by atomic mass is 9.94. The standard InChI is InChI=1S/C14H21NO2/c1-5-11(10-15(2)3)14(16)12-8-6-7-9-13(12)17-4/h6-9,11H,5,10H2,1-4H3. The number of rotatable bonds is 6. The largest absolute Gasteiger partial charge is 0.496 e. The van der Waals surface area contributed by atoms with Gasteiger partial charge in [-0.05, 0) is 32.6 Å². The first-order valence-electron chi connectivity index (χ1n) is 5.92. The summed E-state index contributed by atoms with van der Waals surface area (Å²) in [5.41, 5.74) is 0.684. The molecule has 0 saturated heterocycles. The molecule has 0 fully saturated rings. The Morgan fingerprint density at radius 1 is 1.35 bits per heavy atom. The molecule has 0 saturated carbocycles. The van der Waals surface area contributed by atoms with E-state index in [0.717, 1.165) is 13.0 Å². The molecule has 3 heteroatoms. The number of Topliss-reactive ketones (excluding diaryl/α,β-unsaturated/α-hetero) is 1. The molecule has 0 spiro atoms. The van der Waals surface area contributed by atoms with Crippen LogP contribution in [-0.2, 0) is 0 Å². The molecule has 3 nitrogen and oxygen atoms in total. The highest BCUT2D eigenvalue weighted by Gasteiger charge is 2.21. The van der Waals surface area contributed by atoms with Gasteiger partial charge in [0.25, 0.3) is 0 Å². The highest BCUT2D eigenvalue weighted by atomic mass is 16.5. The van der Waals surface area contributed by atoms with E-state index in [1.54, 1.807) is 7.11 Å². The number of methoxy groups -OCH3 is 1. The lowest BCUT2D eigenvalue weighted by molar-refractivity contribution is 0.0890. The van der Waals surface area contributed by atoms with Crippen LogP contribution in [0.4, 0.5) is 0 Å². The predicted octanol–water partition coefficient (Wildman–Crippen LogP) is 2.47. The number of nitrogens with zero attached hydrogens (tertiary/aromatic N) is 1. The molecule has 0 aliphatic carbocycles. The number of carbonyl (C=O) groups excluding carboxylic acids is 1. The van der Waals surface area contributed by atoms with Crippen molar-refractivity contribution in [3.05, 3.63) is 29.8 Å². The van der Waals surface area contributed by atoms with Gasteiger partial charge < -0.3 is 9.64 Å². The summed E-state index contributed by atoms with van der Waals surface area (Å²) in [5.74, 6) is 0.856. The molecule has 1 rings (SSSR count). The smallest absolute Gasteiger partial charge is 0.170 e. The number of ether oxygens (including phenoxy) is 1. The second-order valence-electron chi connectivity index (χ2n) is 4.43. The molecule has 0 aliphatic heterocycles. The number of hydrogen-bond donors (Lipinski definition) is 0. The molecule has 0 N–H and O–H groups in total. The maximum atomic E-state index is 12.4. The number of carbonyl (C=O) groups is 1. The molecule has 0 radical (unpaired) electrons. The van der Waals surface area contributed by atoms with Crippen molar-refractivity contribution in [3.63, 3.8) is 0 Å². The zero-order valence-electron chi connectivity index (χ0n) is 11.1. The maximum absolute atomic E-state index is 12.4. The molecule has 0 amide bonds. The Labute approximate surface area is 103 Å². The first kappa shape index (κ1) is 13.7. The molecule has 1 unspecified atom stereocenters. The molecule has 17 heavy (non-hydrogen) atoms. The van der Waals surface area contributed by atoms with Crippen molar-refractivity contribution in [2.24, 2.45) is 5.92 Å². The fraction of sp³-hybridized carbons (Fsp3) is 0.500. The summed E-state index contributed by atoms with van der Waals surface area (Å²) >= 11 is 0. The Kier molecular flexibility index (Phi) is 5.16. The molecule has 0 aromatic heterocycles. The van der Waals surface area contributed by atoms with Gasteiger partial charge in [-0.25, -0.2) is 0 Å². The zero-order valence-corrected chi connectivity index (χ0v) is 11.1. The molecule has 0 aliphatic rings. The Hall–Kier alpha value is -1.35. The van der Waals surface area contributed by atoms with E-state index in [-0.39, 0.29) is 11.7 Å². The van der Waals surface area contributed by atoms with Crippen LogP contribution in [0.1, 0.15) is 23.7 Å². The van der Waals surface area contributed by atoms with Crippen LogP contribution in [0.15, 0.2) is 24.3 Å². The van der Waals surface area contributed by atoms with Crippen molar-refractivity contribution in [1.29, 1.82) is 0 Å². The van der Waals surface area contributed by atoms with Crippen molar-refractivity contribution in [2.75, 3.05) is 27.7 Å².